The molecule has 0 saturated carbocycles. The molecule has 0 spiro atoms. The highest BCUT2D eigenvalue weighted by Crippen LogP contribution is 2.18. The minimum Gasteiger partial charge on any atom is -0.0810 e. The Morgan fingerprint density at radius 3 is 1.05 bits per heavy atom. The molecular weight excluding hydrogens is 259 g/mol. The van der Waals surface area contributed by atoms with Gasteiger partial charge in [-0.1, -0.05) is 106 Å². The van der Waals surface area contributed by atoms with Crippen LogP contribution in [0.3, 0.4) is 0 Å². The number of unbranched alkanes of at least 4 members (excludes halogenated alkanes) is 13. The van der Waals surface area contributed by atoms with Gasteiger partial charge in [0, 0.05) is 0 Å². The SMILES string of the molecule is CCCCCCCCCCC[P]CCCCCCCC. The highest BCUT2D eigenvalue weighted by atomic mass is 31.1. The van der Waals surface area contributed by atoms with E-state index in [1.165, 1.54) is 109 Å². The van der Waals surface area contributed by atoms with Gasteiger partial charge in [-0.15, -0.1) is 0 Å². The van der Waals surface area contributed by atoms with Crippen molar-refractivity contribution in [2.75, 3.05) is 12.3 Å². The van der Waals surface area contributed by atoms with Crippen LogP contribution in [-0.2, 0) is 0 Å². The summed E-state index contributed by atoms with van der Waals surface area (Å²) in [6.07, 6.45) is 24.8. The molecule has 1 radical (unpaired) electrons. The summed E-state index contributed by atoms with van der Waals surface area (Å²) >= 11 is 0. The molecule has 0 fully saturated rings. The van der Waals surface area contributed by atoms with Gasteiger partial charge in [-0.2, -0.15) is 0 Å². The summed E-state index contributed by atoms with van der Waals surface area (Å²) in [5.41, 5.74) is 0. The second-order valence-corrected chi connectivity index (χ2v) is 7.61. The van der Waals surface area contributed by atoms with Gasteiger partial charge >= 0.3 is 0 Å². The van der Waals surface area contributed by atoms with E-state index in [4.69, 9.17) is 0 Å². The van der Waals surface area contributed by atoms with Crippen LogP contribution in [0.1, 0.15) is 110 Å². The van der Waals surface area contributed by atoms with Gasteiger partial charge in [0.1, 0.15) is 0 Å². The molecule has 0 aromatic carbocycles. The molecular formula is C19H40P. The van der Waals surface area contributed by atoms with Crippen molar-refractivity contribution in [1.82, 2.24) is 0 Å². The third-order valence-electron chi connectivity index (χ3n) is 4.09. The van der Waals surface area contributed by atoms with E-state index in [1.54, 1.807) is 8.58 Å². The molecule has 0 rings (SSSR count). The topological polar surface area (TPSA) is 0 Å². The summed E-state index contributed by atoms with van der Waals surface area (Å²) in [5.74, 6) is 0. The molecule has 0 aliphatic rings. The predicted octanol–water partition coefficient (Wildman–Crippen LogP) is 7.82. The standard InChI is InChI=1S/C19H40P/c1-3-5-7-9-11-12-13-15-17-19-20-18-16-14-10-8-6-4-2/h3-19H2,1-2H3. The van der Waals surface area contributed by atoms with Gasteiger partial charge in [0.2, 0.25) is 0 Å². The maximum absolute atomic E-state index is 2.30. The van der Waals surface area contributed by atoms with Gasteiger partial charge in [-0.05, 0) is 25.2 Å². The Kier molecular flexibility index (Phi) is 19.8. The van der Waals surface area contributed by atoms with E-state index >= 15 is 0 Å². The lowest BCUT2D eigenvalue weighted by Crippen LogP contribution is -1.85. The molecule has 0 aromatic rings. The van der Waals surface area contributed by atoms with E-state index in [-0.39, 0.29) is 0 Å². The quantitative estimate of drug-likeness (QED) is 0.190. The normalized spacial score (nSPS) is 11.7. The number of rotatable bonds is 17. The van der Waals surface area contributed by atoms with E-state index in [0.717, 1.165) is 0 Å². The van der Waals surface area contributed by atoms with Crippen LogP contribution >= 0.6 is 8.58 Å². The Morgan fingerprint density at radius 2 is 0.700 bits per heavy atom. The zero-order valence-corrected chi connectivity index (χ0v) is 15.4. The van der Waals surface area contributed by atoms with E-state index in [9.17, 15) is 0 Å². The fraction of sp³-hybridized carbons (Fsp3) is 1.00. The van der Waals surface area contributed by atoms with E-state index < -0.39 is 0 Å². The van der Waals surface area contributed by atoms with E-state index in [2.05, 4.69) is 13.8 Å². The molecule has 0 aliphatic heterocycles. The molecule has 0 heterocycles. The molecule has 0 aromatic heterocycles. The van der Waals surface area contributed by atoms with Crippen LogP contribution in [0.5, 0.6) is 0 Å². The second kappa shape index (κ2) is 19.4. The lowest BCUT2D eigenvalue weighted by Gasteiger charge is -2.03. The Bertz CT molecular complexity index is 138. The van der Waals surface area contributed by atoms with Crippen LogP contribution in [0.25, 0.3) is 0 Å². The first-order valence-corrected chi connectivity index (χ1v) is 10.8. The van der Waals surface area contributed by atoms with Gasteiger partial charge in [0.25, 0.3) is 0 Å². The monoisotopic (exact) mass is 299 g/mol. The average molecular weight is 300 g/mol. The van der Waals surface area contributed by atoms with Gasteiger partial charge in [-0.25, -0.2) is 0 Å². The fourth-order valence-electron chi connectivity index (χ4n) is 2.65. The Labute approximate surface area is 131 Å². The molecule has 0 saturated heterocycles. The zero-order chi connectivity index (χ0) is 14.7. The number of hydrogen-bond acceptors (Lipinski definition) is 0. The highest BCUT2D eigenvalue weighted by molar-refractivity contribution is 7.37. The molecule has 1 heteroatoms. The highest BCUT2D eigenvalue weighted by Gasteiger charge is 1.94. The van der Waals surface area contributed by atoms with Crippen LogP contribution in [0.2, 0.25) is 0 Å². The summed E-state index contributed by atoms with van der Waals surface area (Å²) in [6, 6.07) is 0. The van der Waals surface area contributed by atoms with Gasteiger partial charge in [0.15, 0.2) is 0 Å². The van der Waals surface area contributed by atoms with Crippen molar-refractivity contribution in [2.45, 2.75) is 110 Å². The van der Waals surface area contributed by atoms with Gasteiger partial charge in [-0.3, -0.25) is 0 Å². The molecule has 0 amide bonds. The average Bonchev–Trinajstić information content (AvgIpc) is 2.47. The number of hydrogen-bond donors (Lipinski definition) is 0. The van der Waals surface area contributed by atoms with Crippen LogP contribution in [0, 0.1) is 0 Å². The minimum atomic E-state index is 1.37. The van der Waals surface area contributed by atoms with Crippen molar-refractivity contribution in [3.8, 4) is 0 Å². The van der Waals surface area contributed by atoms with Gasteiger partial charge in [0.05, 0.1) is 0 Å². The first-order chi connectivity index (χ1) is 9.91. The molecule has 0 aliphatic carbocycles. The van der Waals surface area contributed by atoms with E-state index in [1.807, 2.05) is 0 Å². The Balaban J connectivity index is 2.89. The summed E-state index contributed by atoms with van der Waals surface area (Å²) in [6.45, 7) is 4.59. The Morgan fingerprint density at radius 1 is 0.400 bits per heavy atom. The molecule has 20 heavy (non-hydrogen) atoms. The molecule has 0 N–H and O–H groups in total. The second-order valence-electron chi connectivity index (χ2n) is 6.27. The first kappa shape index (κ1) is 20.4. The largest absolute Gasteiger partial charge is 0.0810 e. The van der Waals surface area contributed by atoms with Crippen molar-refractivity contribution in [3.05, 3.63) is 0 Å². The maximum atomic E-state index is 2.30. The Hall–Kier alpha value is 0.430. The lowest BCUT2D eigenvalue weighted by atomic mass is 10.1. The summed E-state index contributed by atoms with van der Waals surface area (Å²) in [7, 11) is 1.72. The third-order valence-corrected chi connectivity index (χ3v) is 5.35. The summed E-state index contributed by atoms with van der Waals surface area (Å²) in [4.78, 5) is 0. The van der Waals surface area contributed by atoms with Crippen molar-refractivity contribution in [1.29, 1.82) is 0 Å². The van der Waals surface area contributed by atoms with Crippen LogP contribution in [0.15, 0.2) is 0 Å². The minimum absolute atomic E-state index is 1.37. The zero-order valence-electron chi connectivity index (χ0n) is 14.5. The van der Waals surface area contributed by atoms with Crippen LogP contribution in [-0.4, -0.2) is 12.3 Å². The molecule has 0 atom stereocenters. The molecule has 0 nitrogen and oxygen atoms in total. The molecule has 0 bridgehead atoms. The third kappa shape index (κ3) is 18.4. The van der Waals surface area contributed by atoms with Crippen molar-refractivity contribution < 1.29 is 0 Å². The first-order valence-electron chi connectivity index (χ1n) is 9.55. The van der Waals surface area contributed by atoms with Crippen LogP contribution in [0.4, 0.5) is 0 Å². The predicted molar refractivity (Wildman–Crippen MR) is 97.3 cm³/mol. The molecule has 121 valence electrons. The summed E-state index contributed by atoms with van der Waals surface area (Å²) in [5, 5.41) is 0. The summed E-state index contributed by atoms with van der Waals surface area (Å²) < 4.78 is 0. The molecule has 0 unspecified atom stereocenters. The lowest BCUT2D eigenvalue weighted by molar-refractivity contribution is 0.573. The smallest absolute Gasteiger partial charge is 0.0287 e. The van der Waals surface area contributed by atoms with Crippen molar-refractivity contribution in [2.24, 2.45) is 0 Å². The van der Waals surface area contributed by atoms with Gasteiger partial charge < -0.3 is 0 Å². The van der Waals surface area contributed by atoms with Crippen molar-refractivity contribution >= 4 is 8.58 Å². The van der Waals surface area contributed by atoms with Crippen molar-refractivity contribution in [3.63, 3.8) is 0 Å². The van der Waals surface area contributed by atoms with Crippen LogP contribution < -0.4 is 0 Å². The fourth-order valence-corrected chi connectivity index (χ4v) is 3.77. The maximum Gasteiger partial charge on any atom is -0.0287 e. The van der Waals surface area contributed by atoms with E-state index in [0.29, 0.717) is 0 Å².